The molecule has 2 heteroatoms. The Morgan fingerprint density at radius 3 is 2.60 bits per heavy atom. The Bertz CT molecular complexity index is 395. The Balaban J connectivity index is 0.00000112. The van der Waals surface area contributed by atoms with Crippen molar-refractivity contribution in [1.29, 1.82) is 0 Å². The number of pyridine rings is 1. The quantitative estimate of drug-likeness (QED) is 0.736. The minimum Gasteiger partial charge on any atom is -0.305 e. The van der Waals surface area contributed by atoms with Crippen molar-refractivity contribution in [3.8, 4) is 11.3 Å². The van der Waals surface area contributed by atoms with E-state index in [2.05, 4.69) is 30.1 Å². The third-order valence-electron chi connectivity index (χ3n) is 2.23. The predicted molar refractivity (Wildman–Crippen MR) is 57.9 cm³/mol. The van der Waals surface area contributed by atoms with Gasteiger partial charge in [-0.2, -0.15) is 0 Å². The number of rotatable bonds is 2. The van der Waals surface area contributed by atoms with Crippen LogP contribution in [0, 0.1) is 6.07 Å². The molecule has 0 aliphatic rings. The van der Waals surface area contributed by atoms with Gasteiger partial charge in [0.2, 0.25) is 0 Å². The standard InChI is InChI=1S/C13H12N.Ir/c1-2-11-6-8-12(9-7-11)13-5-3-4-10-14-13;/h3-8,10H,2H2,1H3;/q-1;. The number of benzene rings is 1. The zero-order chi connectivity index (χ0) is 9.80. The minimum absolute atomic E-state index is 0. The third kappa shape index (κ3) is 2.98. The van der Waals surface area contributed by atoms with E-state index in [0.29, 0.717) is 0 Å². The molecule has 0 N–H and O–H groups in total. The van der Waals surface area contributed by atoms with Crippen LogP contribution in [0.3, 0.4) is 0 Å². The normalized spacial score (nSPS) is 9.40. The fraction of sp³-hybridized carbons (Fsp3) is 0.154. The van der Waals surface area contributed by atoms with Crippen LogP contribution in [-0.2, 0) is 26.5 Å². The molecule has 0 atom stereocenters. The fourth-order valence-electron chi connectivity index (χ4n) is 1.36. The zero-order valence-corrected chi connectivity index (χ0v) is 10.9. The van der Waals surface area contributed by atoms with Crippen LogP contribution in [0.2, 0.25) is 0 Å². The average molecular weight is 374 g/mol. The van der Waals surface area contributed by atoms with Gasteiger partial charge in [-0.05, 0) is 11.8 Å². The third-order valence-corrected chi connectivity index (χ3v) is 2.23. The van der Waals surface area contributed by atoms with Crippen LogP contribution in [0.5, 0.6) is 0 Å². The van der Waals surface area contributed by atoms with E-state index in [1.807, 2.05) is 24.3 Å². The van der Waals surface area contributed by atoms with Gasteiger partial charge >= 0.3 is 0 Å². The van der Waals surface area contributed by atoms with Crippen molar-refractivity contribution >= 4 is 0 Å². The summed E-state index contributed by atoms with van der Waals surface area (Å²) in [6, 6.07) is 15.4. The van der Waals surface area contributed by atoms with Crippen molar-refractivity contribution in [2.75, 3.05) is 0 Å². The summed E-state index contributed by atoms with van der Waals surface area (Å²) in [5.74, 6) is 0. The summed E-state index contributed by atoms with van der Waals surface area (Å²) in [6.07, 6.45) is 2.86. The second-order valence-electron chi connectivity index (χ2n) is 3.18. The van der Waals surface area contributed by atoms with Crippen molar-refractivity contribution in [2.24, 2.45) is 0 Å². The molecule has 0 aliphatic carbocycles. The molecule has 0 spiro atoms. The van der Waals surface area contributed by atoms with Crippen LogP contribution < -0.4 is 0 Å². The second-order valence-corrected chi connectivity index (χ2v) is 3.18. The molecule has 0 saturated heterocycles. The Kier molecular flexibility index (Phi) is 4.67. The van der Waals surface area contributed by atoms with E-state index in [9.17, 15) is 0 Å². The maximum absolute atomic E-state index is 4.27. The van der Waals surface area contributed by atoms with Crippen molar-refractivity contribution < 1.29 is 20.1 Å². The molecule has 0 aliphatic heterocycles. The molecule has 79 valence electrons. The van der Waals surface area contributed by atoms with E-state index < -0.39 is 0 Å². The molecular formula is C13H12IrN-. The first-order chi connectivity index (χ1) is 6.90. The second kappa shape index (κ2) is 5.79. The number of nitrogens with zero attached hydrogens (tertiary/aromatic N) is 1. The molecule has 1 aromatic carbocycles. The van der Waals surface area contributed by atoms with Gasteiger partial charge in [0.15, 0.2) is 0 Å². The first-order valence-electron chi connectivity index (χ1n) is 4.82. The molecule has 1 nitrogen and oxygen atoms in total. The van der Waals surface area contributed by atoms with E-state index in [1.165, 1.54) is 5.56 Å². The molecule has 2 rings (SSSR count). The number of hydrogen-bond acceptors (Lipinski definition) is 1. The molecule has 0 saturated carbocycles. The summed E-state index contributed by atoms with van der Waals surface area (Å²) in [7, 11) is 0. The van der Waals surface area contributed by atoms with Gasteiger partial charge in [0.1, 0.15) is 0 Å². The Morgan fingerprint density at radius 2 is 2.07 bits per heavy atom. The first-order valence-corrected chi connectivity index (χ1v) is 4.82. The fourth-order valence-corrected chi connectivity index (χ4v) is 1.36. The number of aromatic nitrogens is 1. The van der Waals surface area contributed by atoms with Crippen molar-refractivity contribution in [1.82, 2.24) is 4.98 Å². The topological polar surface area (TPSA) is 12.9 Å². The summed E-state index contributed by atoms with van der Waals surface area (Å²) in [4.78, 5) is 4.27. The monoisotopic (exact) mass is 375 g/mol. The van der Waals surface area contributed by atoms with Crippen molar-refractivity contribution in [2.45, 2.75) is 13.3 Å². The van der Waals surface area contributed by atoms with Gasteiger partial charge in [0, 0.05) is 26.3 Å². The summed E-state index contributed by atoms with van der Waals surface area (Å²) >= 11 is 0. The molecule has 1 radical (unpaired) electrons. The van der Waals surface area contributed by atoms with Crippen molar-refractivity contribution in [3.05, 3.63) is 54.2 Å². The SMILES string of the molecule is CCc1c[c-]c(-c2ccccn2)cc1.[Ir]. The number of aryl methyl sites for hydroxylation is 1. The summed E-state index contributed by atoms with van der Waals surface area (Å²) < 4.78 is 0. The average Bonchev–Trinajstić information content (AvgIpc) is 2.30. The van der Waals surface area contributed by atoms with Crippen LogP contribution in [0.4, 0.5) is 0 Å². The molecular weight excluding hydrogens is 362 g/mol. The Hall–Kier alpha value is -0.981. The summed E-state index contributed by atoms with van der Waals surface area (Å²) in [5, 5.41) is 0. The molecule has 1 aromatic heterocycles. The van der Waals surface area contributed by atoms with Crippen LogP contribution in [0.25, 0.3) is 11.3 Å². The van der Waals surface area contributed by atoms with Gasteiger partial charge in [-0.15, -0.1) is 35.4 Å². The van der Waals surface area contributed by atoms with Gasteiger partial charge in [0.05, 0.1) is 0 Å². The predicted octanol–water partition coefficient (Wildman–Crippen LogP) is 3.11. The first kappa shape index (κ1) is 12.1. The van der Waals surface area contributed by atoms with E-state index in [1.54, 1.807) is 6.20 Å². The van der Waals surface area contributed by atoms with Crippen LogP contribution in [0.15, 0.2) is 42.6 Å². The van der Waals surface area contributed by atoms with Crippen LogP contribution >= 0.6 is 0 Å². The van der Waals surface area contributed by atoms with E-state index in [0.717, 1.165) is 17.7 Å². The molecule has 1 heterocycles. The van der Waals surface area contributed by atoms with Crippen molar-refractivity contribution in [3.63, 3.8) is 0 Å². The maximum atomic E-state index is 4.27. The maximum Gasteiger partial charge on any atom is 0.0160 e. The smallest absolute Gasteiger partial charge is 0.0160 e. The molecule has 15 heavy (non-hydrogen) atoms. The van der Waals surface area contributed by atoms with Gasteiger partial charge in [-0.25, -0.2) is 0 Å². The molecule has 0 unspecified atom stereocenters. The van der Waals surface area contributed by atoms with E-state index in [-0.39, 0.29) is 20.1 Å². The van der Waals surface area contributed by atoms with Crippen LogP contribution in [0.1, 0.15) is 12.5 Å². The van der Waals surface area contributed by atoms with E-state index in [4.69, 9.17) is 0 Å². The molecule has 0 bridgehead atoms. The molecule has 0 amide bonds. The Labute approximate surface area is 104 Å². The van der Waals surface area contributed by atoms with Gasteiger partial charge < -0.3 is 4.98 Å². The minimum atomic E-state index is 0. The molecule has 2 aromatic rings. The van der Waals surface area contributed by atoms with Gasteiger partial charge in [-0.1, -0.05) is 25.5 Å². The number of hydrogen-bond donors (Lipinski definition) is 0. The summed E-state index contributed by atoms with van der Waals surface area (Å²) in [6.45, 7) is 2.14. The molecule has 0 fully saturated rings. The van der Waals surface area contributed by atoms with E-state index >= 15 is 0 Å². The van der Waals surface area contributed by atoms with Crippen LogP contribution in [-0.4, -0.2) is 4.98 Å². The zero-order valence-electron chi connectivity index (χ0n) is 8.53. The van der Waals surface area contributed by atoms with Gasteiger partial charge in [0.25, 0.3) is 0 Å². The largest absolute Gasteiger partial charge is 0.305 e. The van der Waals surface area contributed by atoms with Gasteiger partial charge in [-0.3, -0.25) is 0 Å². The summed E-state index contributed by atoms with van der Waals surface area (Å²) in [5.41, 5.74) is 3.35. The Morgan fingerprint density at radius 1 is 1.20 bits per heavy atom.